The maximum absolute atomic E-state index is 5.77. The van der Waals surface area contributed by atoms with E-state index >= 15 is 0 Å². The van der Waals surface area contributed by atoms with E-state index < -0.39 is 0 Å². The molecule has 0 aromatic rings. The van der Waals surface area contributed by atoms with Gasteiger partial charge in [-0.05, 0) is 45.1 Å². The Morgan fingerprint density at radius 3 is 2.28 bits per heavy atom. The second-order valence-corrected chi connectivity index (χ2v) is 5.64. The number of hydrogen-bond donors (Lipinski definition) is 0. The molecule has 1 heterocycles. The predicted molar refractivity (Wildman–Crippen MR) is 75.9 cm³/mol. The van der Waals surface area contributed by atoms with Crippen molar-refractivity contribution in [2.24, 2.45) is 5.41 Å². The minimum Gasteiger partial charge on any atom is -0.382 e. The van der Waals surface area contributed by atoms with Gasteiger partial charge < -0.3 is 14.4 Å². The third-order valence-corrected chi connectivity index (χ3v) is 3.84. The second-order valence-electron chi connectivity index (χ2n) is 5.64. The van der Waals surface area contributed by atoms with Crippen LogP contribution in [-0.2, 0) is 9.47 Å². The van der Waals surface area contributed by atoms with E-state index in [2.05, 4.69) is 18.5 Å². The van der Waals surface area contributed by atoms with Crippen molar-refractivity contribution in [3.05, 3.63) is 12.7 Å². The Bertz CT molecular complexity index is 227. The van der Waals surface area contributed by atoms with Gasteiger partial charge in [0.2, 0.25) is 0 Å². The Balaban J connectivity index is 0.000000492. The Morgan fingerprint density at radius 2 is 1.83 bits per heavy atom. The van der Waals surface area contributed by atoms with Crippen LogP contribution in [0.15, 0.2) is 12.7 Å². The van der Waals surface area contributed by atoms with Crippen LogP contribution in [0.25, 0.3) is 0 Å². The van der Waals surface area contributed by atoms with Gasteiger partial charge in [-0.15, -0.1) is 6.58 Å². The number of ether oxygens (including phenoxy) is 2. The highest BCUT2D eigenvalue weighted by Gasteiger charge is 2.43. The quantitative estimate of drug-likeness (QED) is 0.569. The third-order valence-electron chi connectivity index (χ3n) is 3.84. The van der Waals surface area contributed by atoms with Gasteiger partial charge in [-0.3, -0.25) is 0 Å². The molecule has 0 atom stereocenters. The molecule has 0 amide bonds. The molecule has 2 aliphatic rings. The van der Waals surface area contributed by atoms with E-state index in [0.717, 1.165) is 13.2 Å². The number of allylic oxidation sites excluding steroid dienone is 1. The van der Waals surface area contributed by atoms with Crippen LogP contribution in [0.5, 0.6) is 0 Å². The highest BCUT2D eigenvalue weighted by molar-refractivity contribution is 4.96. The van der Waals surface area contributed by atoms with Gasteiger partial charge >= 0.3 is 0 Å². The van der Waals surface area contributed by atoms with Crippen molar-refractivity contribution in [2.45, 2.75) is 38.7 Å². The molecule has 1 saturated heterocycles. The van der Waals surface area contributed by atoms with Gasteiger partial charge in [-0.1, -0.05) is 6.08 Å². The number of rotatable bonds is 4. The van der Waals surface area contributed by atoms with Crippen LogP contribution < -0.4 is 0 Å². The zero-order valence-corrected chi connectivity index (χ0v) is 12.3. The summed E-state index contributed by atoms with van der Waals surface area (Å²) >= 11 is 0. The molecule has 0 aromatic carbocycles. The smallest absolute Gasteiger partial charge is 0.0704 e. The van der Waals surface area contributed by atoms with Crippen molar-refractivity contribution in [2.75, 3.05) is 40.5 Å². The summed E-state index contributed by atoms with van der Waals surface area (Å²) in [4.78, 5) is 2.42. The number of nitrogens with zero attached hydrogens (tertiary/aromatic N) is 1. The molecule has 106 valence electrons. The molecule has 1 aliphatic carbocycles. The van der Waals surface area contributed by atoms with E-state index in [4.69, 9.17) is 9.47 Å². The van der Waals surface area contributed by atoms with Crippen LogP contribution in [0.4, 0.5) is 0 Å². The lowest BCUT2D eigenvalue weighted by atomic mass is 9.68. The third kappa shape index (κ3) is 4.71. The Kier molecular flexibility index (Phi) is 6.90. The summed E-state index contributed by atoms with van der Waals surface area (Å²) < 4.78 is 10.8. The average molecular weight is 255 g/mol. The summed E-state index contributed by atoms with van der Waals surface area (Å²) in [6.45, 7) is 9.34. The average Bonchev–Trinajstić information content (AvgIpc) is 2.31. The molecular weight excluding hydrogens is 226 g/mol. The lowest BCUT2D eigenvalue weighted by Gasteiger charge is -2.52. The van der Waals surface area contributed by atoms with Gasteiger partial charge in [0.15, 0.2) is 0 Å². The van der Waals surface area contributed by atoms with Crippen LogP contribution in [0.1, 0.15) is 32.6 Å². The minimum absolute atomic E-state index is 0.497. The molecular formula is C15H29NO2. The topological polar surface area (TPSA) is 21.7 Å². The maximum atomic E-state index is 5.77. The summed E-state index contributed by atoms with van der Waals surface area (Å²) in [6, 6.07) is 0. The first-order chi connectivity index (χ1) is 8.65. The fourth-order valence-electron chi connectivity index (χ4n) is 3.08. The molecule has 0 bridgehead atoms. The van der Waals surface area contributed by atoms with Crippen LogP contribution in [-0.4, -0.2) is 51.5 Å². The first kappa shape index (κ1) is 15.7. The monoisotopic (exact) mass is 255 g/mol. The predicted octanol–water partition coefficient (Wildman–Crippen LogP) is 2.72. The van der Waals surface area contributed by atoms with Gasteiger partial charge in [0.1, 0.15) is 0 Å². The lowest BCUT2D eigenvalue weighted by molar-refractivity contribution is -0.0678. The molecule has 0 N–H and O–H groups in total. The van der Waals surface area contributed by atoms with E-state index in [-0.39, 0.29) is 0 Å². The van der Waals surface area contributed by atoms with Crippen LogP contribution in [0, 0.1) is 5.41 Å². The molecule has 1 spiro atoms. The SMILES string of the molecule is C=CC.COCCOC1CCC2(CC1)CN(C)C2. The number of methoxy groups -OCH3 is 1. The van der Waals surface area contributed by atoms with Crippen molar-refractivity contribution in [1.29, 1.82) is 0 Å². The van der Waals surface area contributed by atoms with E-state index in [1.165, 1.54) is 38.8 Å². The van der Waals surface area contributed by atoms with Gasteiger partial charge in [-0.25, -0.2) is 0 Å². The molecule has 3 nitrogen and oxygen atoms in total. The molecule has 3 heteroatoms. The van der Waals surface area contributed by atoms with Crippen molar-refractivity contribution in [3.63, 3.8) is 0 Å². The molecule has 0 aromatic heterocycles. The zero-order chi connectivity index (χ0) is 13.4. The van der Waals surface area contributed by atoms with Crippen molar-refractivity contribution >= 4 is 0 Å². The summed E-state index contributed by atoms with van der Waals surface area (Å²) in [5.74, 6) is 0. The van der Waals surface area contributed by atoms with E-state index in [9.17, 15) is 0 Å². The number of likely N-dealkylation sites (tertiary alicyclic amines) is 1. The van der Waals surface area contributed by atoms with Gasteiger partial charge in [0.05, 0.1) is 19.3 Å². The van der Waals surface area contributed by atoms with Crippen LogP contribution in [0.2, 0.25) is 0 Å². The first-order valence-electron chi connectivity index (χ1n) is 7.02. The second kappa shape index (κ2) is 7.93. The van der Waals surface area contributed by atoms with Crippen LogP contribution in [0.3, 0.4) is 0 Å². The molecule has 0 radical (unpaired) electrons. The summed E-state index contributed by atoms with van der Waals surface area (Å²) in [6.07, 6.45) is 7.45. The van der Waals surface area contributed by atoms with Crippen molar-refractivity contribution in [3.8, 4) is 0 Å². The van der Waals surface area contributed by atoms with E-state index in [1.807, 2.05) is 6.92 Å². The fourth-order valence-corrected chi connectivity index (χ4v) is 3.08. The largest absolute Gasteiger partial charge is 0.382 e. The Hall–Kier alpha value is -0.380. The van der Waals surface area contributed by atoms with Crippen LogP contribution >= 0.6 is 0 Å². The van der Waals surface area contributed by atoms with E-state index in [1.54, 1.807) is 13.2 Å². The summed E-state index contributed by atoms with van der Waals surface area (Å²) in [5.41, 5.74) is 0.663. The normalized spacial score (nSPS) is 23.1. The standard InChI is InChI=1S/C12H23NO2.C3H6/c1-13-9-12(10-13)5-3-11(4-6-12)15-8-7-14-2;1-3-2/h11H,3-10H2,1-2H3;3H,1H2,2H3. The van der Waals surface area contributed by atoms with E-state index in [0.29, 0.717) is 11.5 Å². The number of hydrogen-bond acceptors (Lipinski definition) is 3. The van der Waals surface area contributed by atoms with Gasteiger partial charge in [0, 0.05) is 20.2 Å². The van der Waals surface area contributed by atoms with Crippen molar-refractivity contribution < 1.29 is 9.47 Å². The minimum atomic E-state index is 0.497. The maximum Gasteiger partial charge on any atom is 0.0704 e. The highest BCUT2D eigenvalue weighted by Crippen LogP contribution is 2.43. The Morgan fingerprint density at radius 1 is 1.28 bits per heavy atom. The summed E-state index contributed by atoms with van der Waals surface area (Å²) in [5, 5.41) is 0. The molecule has 2 fully saturated rings. The Labute approximate surface area is 112 Å². The molecule has 18 heavy (non-hydrogen) atoms. The molecule has 1 saturated carbocycles. The van der Waals surface area contributed by atoms with Gasteiger partial charge in [0.25, 0.3) is 0 Å². The summed E-state index contributed by atoms with van der Waals surface area (Å²) in [7, 11) is 3.94. The molecule has 1 aliphatic heterocycles. The van der Waals surface area contributed by atoms with Gasteiger partial charge in [-0.2, -0.15) is 0 Å². The zero-order valence-electron chi connectivity index (χ0n) is 12.3. The molecule has 2 rings (SSSR count). The molecule has 0 unspecified atom stereocenters. The van der Waals surface area contributed by atoms with Crippen molar-refractivity contribution in [1.82, 2.24) is 4.90 Å². The lowest BCUT2D eigenvalue weighted by Crippen LogP contribution is -2.56. The fraction of sp³-hybridized carbons (Fsp3) is 0.867. The first-order valence-corrected chi connectivity index (χ1v) is 7.02. The highest BCUT2D eigenvalue weighted by atomic mass is 16.5.